The first-order valence-electron chi connectivity index (χ1n) is 7.44. The lowest BCUT2D eigenvalue weighted by molar-refractivity contribution is 0.102. The SMILES string of the molecule is N#Cc1cccc(C(=O)Nc2nn(Cc3ccc(Cl)cc3Cl)cc2Cl)c1. The standard InChI is InChI=1S/C18H11Cl3N4O/c19-14-5-4-13(15(20)7-14)9-25-10-16(21)17(24-25)23-18(26)12-3-1-2-11(6-12)8-22/h1-7,10H,9H2,(H,23,24,26). The van der Waals surface area contributed by atoms with Crippen molar-refractivity contribution >= 4 is 46.5 Å². The van der Waals surface area contributed by atoms with Gasteiger partial charge in [-0.1, -0.05) is 46.9 Å². The number of carbonyl (C=O) groups is 1. The number of benzene rings is 2. The van der Waals surface area contributed by atoms with E-state index in [0.717, 1.165) is 5.56 Å². The van der Waals surface area contributed by atoms with Crippen LogP contribution in [0.25, 0.3) is 0 Å². The van der Waals surface area contributed by atoms with E-state index in [1.165, 1.54) is 6.07 Å². The fourth-order valence-electron chi connectivity index (χ4n) is 2.30. The topological polar surface area (TPSA) is 70.7 Å². The number of hydrogen-bond donors (Lipinski definition) is 1. The van der Waals surface area contributed by atoms with E-state index in [1.54, 1.807) is 47.3 Å². The number of aromatic nitrogens is 2. The minimum Gasteiger partial charge on any atom is -0.304 e. The molecule has 130 valence electrons. The summed E-state index contributed by atoms with van der Waals surface area (Å²) in [6, 6.07) is 13.5. The Morgan fingerprint density at radius 1 is 1.15 bits per heavy atom. The Morgan fingerprint density at radius 3 is 2.69 bits per heavy atom. The zero-order valence-corrected chi connectivity index (χ0v) is 15.5. The van der Waals surface area contributed by atoms with Crippen LogP contribution in [0.5, 0.6) is 0 Å². The summed E-state index contributed by atoms with van der Waals surface area (Å²) in [7, 11) is 0. The first-order chi connectivity index (χ1) is 12.5. The summed E-state index contributed by atoms with van der Waals surface area (Å²) < 4.78 is 1.57. The molecular formula is C18H11Cl3N4O. The average molecular weight is 406 g/mol. The first kappa shape index (κ1) is 18.3. The fourth-order valence-corrected chi connectivity index (χ4v) is 2.96. The van der Waals surface area contributed by atoms with Crippen molar-refractivity contribution in [3.8, 4) is 6.07 Å². The summed E-state index contributed by atoms with van der Waals surface area (Å²) >= 11 is 18.2. The second kappa shape index (κ2) is 7.79. The highest BCUT2D eigenvalue weighted by Gasteiger charge is 2.13. The molecule has 0 atom stereocenters. The molecule has 3 rings (SSSR count). The summed E-state index contributed by atoms with van der Waals surface area (Å²) in [5, 5.41) is 17.2. The third-order valence-corrected chi connectivity index (χ3v) is 4.41. The maximum atomic E-state index is 12.3. The van der Waals surface area contributed by atoms with Crippen LogP contribution in [0, 0.1) is 11.3 Å². The van der Waals surface area contributed by atoms with Gasteiger partial charge in [0.25, 0.3) is 5.91 Å². The number of carbonyl (C=O) groups excluding carboxylic acids is 1. The van der Waals surface area contributed by atoms with Crippen molar-refractivity contribution in [2.75, 3.05) is 5.32 Å². The average Bonchev–Trinajstić information content (AvgIpc) is 2.96. The summed E-state index contributed by atoms with van der Waals surface area (Å²) in [5.41, 5.74) is 1.55. The zero-order valence-electron chi connectivity index (χ0n) is 13.2. The number of nitrogens with one attached hydrogen (secondary N) is 1. The van der Waals surface area contributed by atoms with Gasteiger partial charge in [0, 0.05) is 21.8 Å². The molecule has 3 aromatic rings. The number of anilines is 1. The molecule has 26 heavy (non-hydrogen) atoms. The van der Waals surface area contributed by atoms with Gasteiger partial charge in [0.15, 0.2) is 5.82 Å². The van der Waals surface area contributed by atoms with E-state index in [2.05, 4.69) is 10.4 Å². The Balaban J connectivity index is 1.77. The first-order valence-corrected chi connectivity index (χ1v) is 8.58. The van der Waals surface area contributed by atoms with Gasteiger partial charge in [-0.25, -0.2) is 0 Å². The second-order valence-corrected chi connectivity index (χ2v) is 6.66. The summed E-state index contributed by atoms with van der Waals surface area (Å²) in [5.74, 6) is -0.178. The van der Waals surface area contributed by atoms with Gasteiger partial charge in [0.2, 0.25) is 0 Å². The third-order valence-electron chi connectivity index (χ3n) is 3.55. The van der Waals surface area contributed by atoms with Crippen LogP contribution in [-0.4, -0.2) is 15.7 Å². The lowest BCUT2D eigenvalue weighted by atomic mass is 10.1. The molecule has 1 aromatic heterocycles. The van der Waals surface area contributed by atoms with Crippen LogP contribution in [0.1, 0.15) is 21.5 Å². The van der Waals surface area contributed by atoms with Gasteiger partial charge < -0.3 is 5.32 Å². The smallest absolute Gasteiger partial charge is 0.256 e. The van der Waals surface area contributed by atoms with Crippen LogP contribution in [0.15, 0.2) is 48.7 Å². The van der Waals surface area contributed by atoms with Crippen molar-refractivity contribution in [1.29, 1.82) is 5.26 Å². The number of hydrogen-bond acceptors (Lipinski definition) is 3. The fraction of sp³-hybridized carbons (Fsp3) is 0.0556. The van der Waals surface area contributed by atoms with Gasteiger partial charge in [0.1, 0.15) is 5.02 Å². The van der Waals surface area contributed by atoms with E-state index in [4.69, 9.17) is 40.1 Å². The van der Waals surface area contributed by atoms with Gasteiger partial charge in [-0.3, -0.25) is 9.48 Å². The minimum atomic E-state index is -0.404. The molecule has 0 unspecified atom stereocenters. The highest BCUT2D eigenvalue weighted by molar-refractivity contribution is 6.35. The molecule has 0 aliphatic heterocycles. The molecule has 1 N–H and O–H groups in total. The van der Waals surface area contributed by atoms with Crippen molar-refractivity contribution in [2.24, 2.45) is 0 Å². The quantitative estimate of drug-likeness (QED) is 0.663. The van der Waals surface area contributed by atoms with E-state index in [0.29, 0.717) is 32.7 Å². The Bertz CT molecular complexity index is 1020. The Hall–Kier alpha value is -2.52. The van der Waals surface area contributed by atoms with Crippen LogP contribution >= 0.6 is 34.8 Å². The molecule has 1 heterocycles. The number of nitrogens with zero attached hydrogens (tertiary/aromatic N) is 3. The lowest BCUT2D eigenvalue weighted by Crippen LogP contribution is -2.13. The number of amides is 1. The normalized spacial score (nSPS) is 10.4. The molecule has 5 nitrogen and oxygen atoms in total. The zero-order chi connectivity index (χ0) is 18.7. The molecular weight excluding hydrogens is 395 g/mol. The minimum absolute atomic E-state index is 0.226. The second-order valence-electron chi connectivity index (χ2n) is 5.41. The number of rotatable bonds is 4. The highest BCUT2D eigenvalue weighted by Crippen LogP contribution is 2.24. The molecule has 8 heteroatoms. The summed E-state index contributed by atoms with van der Waals surface area (Å²) in [6.45, 7) is 0.371. The molecule has 0 radical (unpaired) electrons. The van der Waals surface area contributed by atoms with Gasteiger partial charge in [0.05, 0.1) is 18.2 Å². The lowest BCUT2D eigenvalue weighted by Gasteiger charge is -2.05. The molecule has 0 saturated carbocycles. The number of halogens is 3. The predicted molar refractivity (Wildman–Crippen MR) is 102 cm³/mol. The van der Waals surface area contributed by atoms with Gasteiger partial charge in [-0.05, 0) is 35.9 Å². The molecule has 2 aromatic carbocycles. The van der Waals surface area contributed by atoms with Crippen LogP contribution in [0.3, 0.4) is 0 Å². The van der Waals surface area contributed by atoms with Gasteiger partial charge >= 0.3 is 0 Å². The monoisotopic (exact) mass is 404 g/mol. The van der Waals surface area contributed by atoms with E-state index < -0.39 is 5.91 Å². The van der Waals surface area contributed by atoms with Crippen molar-refractivity contribution in [3.63, 3.8) is 0 Å². The Labute approximate surface area is 164 Å². The largest absolute Gasteiger partial charge is 0.304 e. The Kier molecular flexibility index (Phi) is 5.48. The summed E-state index contributed by atoms with van der Waals surface area (Å²) in [4.78, 5) is 12.3. The molecule has 0 saturated heterocycles. The number of nitriles is 1. The molecule has 1 amide bonds. The van der Waals surface area contributed by atoms with Gasteiger partial charge in [-0.2, -0.15) is 10.4 Å². The van der Waals surface area contributed by atoms with Crippen molar-refractivity contribution in [2.45, 2.75) is 6.54 Å². The van der Waals surface area contributed by atoms with E-state index in [9.17, 15) is 4.79 Å². The Morgan fingerprint density at radius 2 is 1.96 bits per heavy atom. The van der Waals surface area contributed by atoms with E-state index >= 15 is 0 Å². The van der Waals surface area contributed by atoms with Crippen LogP contribution in [0.4, 0.5) is 5.82 Å². The molecule has 0 aliphatic carbocycles. The van der Waals surface area contributed by atoms with Gasteiger partial charge in [-0.15, -0.1) is 0 Å². The summed E-state index contributed by atoms with van der Waals surface area (Å²) in [6.07, 6.45) is 1.59. The van der Waals surface area contributed by atoms with Crippen molar-refractivity contribution in [1.82, 2.24) is 9.78 Å². The molecule has 0 spiro atoms. The van der Waals surface area contributed by atoms with E-state index in [1.807, 2.05) is 6.07 Å². The highest BCUT2D eigenvalue weighted by atomic mass is 35.5. The van der Waals surface area contributed by atoms with Crippen LogP contribution < -0.4 is 5.32 Å². The third kappa shape index (κ3) is 4.17. The maximum absolute atomic E-state index is 12.3. The van der Waals surface area contributed by atoms with Crippen LogP contribution in [-0.2, 0) is 6.54 Å². The molecule has 0 aliphatic rings. The molecule has 0 fully saturated rings. The van der Waals surface area contributed by atoms with E-state index in [-0.39, 0.29) is 5.82 Å². The maximum Gasteiger partial charge on any atom is 0.256 e. The predicted octanol–water partition coefficient (Wildman–Crippen LogP) is 5.02. The van der Waals surface area contributed by atoms with Crippen molar-refractivity contribution in [3.05, 3.63) is 80.4 Å². The van der Waals surface area contributed by atoms with Crippen LogP contribution in [0.2, 0.25) is 15.1 Å². The van der Waals surface area contributed by atoms with Crippen molar-refractivity contribution < 1.29 is 4.79 Å². The molecule has 0 bridgehead atoms.